The zero-order valence-electron chi connectivity index (χ0n) is 13.7. The maximum atomic E-state index is 13.3. The molecule has 132 valence electrons. The van der Waals surface area contributed by atoms with Gasteiger partial charge in [-0.3, -0.25) is 9.69 Å². The number of amides is 1. The molecule has 1 fully saturated rings. The summed E-state index contributed by atoms with van der Waals surface area (Å²) in [5, 5.41) is 12.2. The van der Waals surface area contributed by atoms with Crippen molar-refractivity contribution in [1.82, 2.24) is 4.90 Å². The van der Waals surface area contributed by atoms with E-state index in [0.29, 0.717) is 22.3 Å². The number of nitrogens with one attached hydrogen (secondary N) is 1. The second-order valence-electron chi connectivity index (χ2n) is 6.23. The van der Waals surface area contributed by atoms with Crippen molar-refractivity contribution in [2.24, 2.45) is 0 Å². The summed E-state index contributed by atoms with van der Waals surface area (Å²) in [6.07, 6.45) is 2.10. The first-order valence-corrected chi connectivity index (χ1v) is 9.06. The fourth-order valence-corrected chi connectivity index (χ4v) is 3.51. The van der Waals surface area contributed by atoms with Crippen LogP contribution in [0.15, 0.2) is 46.9 Å². The van der Waals surface area contributed by atoms with Crippen LogP contribution in [0.5, 0.6) is 0 Å². The number of carbonyl (C=O) groups excluding carboxylic acids is 1. The Bertz CT molecular complexity index is 769. The molecule has 0 bridgehead atoms. The third kappa shape index (κ3) is 4.45. The number of benzene rings is 2. The van der Waals surface area contributed by atoms with Crippen LogP contribution < -0.4 is 5.32 Å². The van der Waals surface area contributed by atoms with E-state index in [2.05, 4.69) is 26.1 Å². The molecule has 25 heavy (non-hydrogen) atoms. The van der Waals surface area contributed by atoms with E-state index >= 15 is 0 Å². The van der Waals surface area contributed by atoms with Crippen LogP contribution in [0, 0.1) is 5.82 Å². The highest BCUT2D eigenvalue weighted by Crippen LogP contribution is 2.22. The van der Waals surface area contributed by atoms with Crippen LogP contribution in [0.3, 0.4) is 0 Å². The van der Waals surface area contributed by atoms with Gasteiger partial charge in [0.25, 0.3) is 5.91 Å². The molecule has 1 aliphatic rings. The fraction of sp³-hybridized carbons (Fsp3) is 0.316. The number of carbonyl (C=O) groups is 1. The number of rotatable bonds is 5. The molecule has 6 heteroatoms. The average Bonchev–Trinajstić information content (AvgIpc) is 3.05. The van der Waals surface area contributed by atoms with Gasteiger partial charge in [0.05, 0.1) is 11.1 Å². The normalized spacial score (nSPS) is 17.6. The molecular formula is C19H20BrFN2O2. The quantitative estimate of drug-likeness (QED) is 0.793. The third-order valence-electron chi connectivity index (χ3n) is 4.46. The van der Waals surface area contributed by atoms with E-state index in [0.717, 1.165) is 24.9 Å². The minimum atomic E-state index is -0.371. The monoisotopic (exact) mass is 406 g/mol. The summed E-state index contributed by atoms with van der Waals surface area (Å²) in [7, 11) is 0. The van der Waals surface area contributed by atoms with Crippen LogP contribution in [-0.2, 0) is 6.54 Å². The van der Waals surface area contributed by atoms with Crippen molar-refractivity contribution in [2.75, 3.05) is 18.5 Å². The number of hydrogen-bond acceptors (Lipinski definition) is 3. The van der Waals surface area contributed by atoms with Gasteiger partial charge in [0, 0.05) is 23.8 Å². The summed E-state index contributed by atoms with van der Waals surface area (Å²) in [6, 6.07) is 12.0. The minimum Gasteiger partial charge on any atom is -0.395 e. The topological polar surface area (TPSA) is 52.6 Å². The Morgan fingerprint density at radius 3 is 2.92 bits per heavy atom. The lowest BCUT2D eigenvalue weighted by molar-refractivity contribution is 0.102. The van der Waals surface area contributed by atoms with Crippen molar-refractivity contribution < 1.29 is 14.3 Å². The first kappa shape index (κ1) is 18.0. The number of anilines is 1. The van der Waals surface area contributed by atoms with Gasteiger partial charge >= 0.3 is 0 Å². The van der Waals surface area contributed by atoms with E-state index in [1.165, 1.54) is 18.2 Å². The Kier molecular flexibility index (Phi) is 5.83. The molecule has 1 atom stereocenters. The maximum Gasteiger partial charge on any atom is 0.255 e. The molecule has 1 heterocycles. The number of halogens is 2. The van der Waals surface area contributed by atoms with Crippen molar-refractivity contribution in [3.8, 4) is 0 Å². The zero-order valence-corrected chi connectivity index (χ0v) is 15.3. The van der Waals surface area contributed by atoms with E-state index in [1.807, 2.05) is 18.2 Å². The smallest absolute Gasteiger partial charge is 0.255 e. The summed E-state index contributed by atoms with van der Waals surface area (Å²) < 4.78 is 13.6. The molecule has 2 aromatic carbocycles. The lowest BCUT2D eigenvalue weighted by Gasteiger charge is -2.22. The van der Waals surface area contributed by atoms with Gasteiger partial charge < -0.3 is 10.4 Å². The Labute approximate surface area is 154 Å². The molecule has 0 saturated carbocycles. The molecule has 1 aliphatic heterocycles. The molecule has 1 unspecified atom stereocenters. The molecule has 4 nitrogen and oxygen atoms in total. The second-order valence-corrected chi connectivity index (χ2v) is 7.09. The first-order chi connectivity index (χ1) is 12.1. The Hall–Kier alpha value is -1.76. The second kappa shape index (κ2) is 8.08. The molecule has 2 N–H and O–H groups in total. The van der Waals surface area contributed by atoms with Gasteiger partial charge in [-0.05, 0) is 71.2 Å². The van der Waals surface area contributed by atoms with Gasteiger partial charge in [-0.15, -0.1) is 0 Å². The van der Waals surface area contributed by atoms with Crippen LogP contribution in [0.2, 0.25) is 0 Å². The zero-order chi connectivity index (χ0) is 17.8. The van der Waals surface area contributed by atoms with Gasteiger partial charge in [-0.2, -0.15) is 0 Å². The largest absolute Gasteiger partial charge is 0.395 e. The van der Waals surface area contributed by atoms with Crippen LogP contribution in [0.1, 0.15) is 28.8 Å². The molecular weight excluding hydrogens is 387 g/mol. The SMILES string of the molecule is O=C(Nc1ccc(F)c(Br)c1)c1cccc(CN2CCCC2CO)c1. The van der Waals surface area contributed by atoms with Crippen LogP contribution in [0.4, 0.5) is 10.1 Å². The predicted octanol–water partition coefficient (Wildman–Crippen LogP) is 3.80. The Morgan fingerprint density at radius 1 is 1.32 bits per heavy atom. The molecule has 0 radical (unpaired) electrons. The van der Waals surface area contributed by atoms with Gasteiger partial charge in [-0.1, -0.05) is 12.1 Å². The summed E-state index contributed by atoms with van der Waals surface area (Å²) in [4.78, 5) is 14.7. The highest BCUT2D eigenvalue weighted by Gasteiger charge is 2.23. The maximum absolute atomic E-state index is 13.3. The molecule has 0 aromatic heterocycles. The molecule has 0 spiro atoms. The molecule has 1 saturated heterocycles. The minimum absolute atomic E-state index is 0.166. The fourth-order valence-electron chi connectivity index (χ4n) is 3.13. The molecule has 0 aliphatic carbocycles. The van der Waals surface area contributed by atoms with Gasteiger partial charge in [-0.25, -0.2) is 4.39 Å². The molecule has 3 rings (SSSR count). The highest BCUT2D eigenvalue weighted by atomic mass is 79.9. The Morgan fingerprint density at radius 2 is 2.16 bits per heavy atom. The van der Waals surface area contributed by atoms with Crippen molar-refractivity contribution >= 4 is 27.5 Å². The van der Waals surface area contributed by atoms with Crippen molar-refractivity contribution in [1.29, 1.82) is 0 Å². The lowest BCUT2D eigenvalue weighted by atomic mass is 10.1. The number of aliphatic hydroxyl groups excluding tert-OH is 1. The van der Waals surface area contributed by atoms with Crippen molar-refractivity contribution in [2.45, 2.75) is 25.4 Å². The first-order valence-electron chi connectivity index (χ1n) is 8.27. The van der Waals surface area contributed by atoms with E-state index < -0.39 is 0 Å². The Balaban J connectivity index is 1.69. The standard InChI is InChI=1S/C19H20BrFN2O2/c20-17-10-15(6-7-18(17)21)22-19(25)14-4-1-3-13(9-14)11-23-8-2-5-16(23)12-24/h1,3-4,6-7,9-10,16,24H,2,5,8,11-12H2,(H,22,25). The summed E-state index contributed by atoms with van der Waals surface area (Å²) in [5.41, 5.74) is 2.12. The number of hydrogen-bond donors (Lipinski definition) is 2. The van der Waals surface area contributed by atoms with Gasteiger partial charge in [0.1, 0.15) is 5.82 Å². The predicted molar refractivity (Wildman–Crippen MR) is 99.0 cm³/mol. The van der Waals surface area contributed by atoms with Gasteiger partial charge in [0.2, 0.25) is 0 Å². The summed E-state index contributed by atoms with van der Waals surface area (Å²) in [6.45, 7) is 1.85. The van der Waals surface area contributed by atoms with E-state index in [-0.39, 0.29) is 24.4 Å². The van der Waals surface area contributed by atoms with E-state index in [9.17, 15) is 14.3 Å². The van der Waals surface area contributed by atoms with Gasteiger partial charge in [0.15, 0.2) is 0 Å². The van der Waals surface area contributed by atoms with Crippen LogP contribution >= 0.6 is 15.9 Å². The lowest BCUT2D eigenvalue weighted by Crippen LogP contribution is -2.31. The van der Waals surface area contributed by atoms with E-state index in [4.69, 9.17) is 0 Å². The number of nitrogens with zero attached hydrogens (tertiary/aromatic N) is 1. The molecule has 1 amide bonds. The average molecular weight is 407 g/mol. The van der Waals surface area contributed by atoms with Crippen molar-refractivity contribution in [3.63, 3.8) is 0 Å². The summed E-state index contributed by atoms with van der Waals surface area (Å²) in [5.74, 6) is -0.607. The number of likely N-dealkylation sites (tertiary alicyclic amines) is 1. The third-order valence-corrected chi connectivity index (χ3v) is 5.07. The molecule has 2 aromatic rings. The summed E-state index contributed by atoms with van der Waals surface area (Å²) >= 11 is 3.11. The highest BCUT2D eigenvalue weighted by molar-refractivity contribution is 9.10. The van der Waals surface area contributed by atoms with Crippen molar-refractivity contribution in [3.05, 3.63) is 63.9 Å². The van der Waals surface area contributed by atoms with Crippen LogP contribution in [0.25, 0.3) is 0 Å². The number of aliphatic hydroxyl groups is 1. The van der Waals surface area contributed by atoms with E-state index in [1.54, 1.807) is 6.07 Å². The van der Waals surface area contributed by atoms with Crippen LogP contribution in [-0.4, -0.2) is 35.1 Å².